The first-order chi connectivity index (χ1) is 6.40. The molecule has 0 spiro atoms. The standard InChI is InChI=1S/C7H7Cl5O2/c1-2-3-7(11,6(13)14-12)4(8)5(9)10/h2-3H2,1H3. The summed E-state index contributed by atoms with van der Waals surface area (Å²) in [6, 6.07) is 0. The lowest BCUT2D eigenvalue weighted by Crippen LogP contribution is -2.33. The largest absolute Gasteiger partial charge is 0.351 e. The zero-order valence-electron chi connectivity index (χ0n) is 7.12. The predicted molar refractivity (Wildman–Crippen MR) is 60.0 cm³/mol. The quantitative estimate of drug-likeness (QED) is 0.722. The van der Waals surface area contributed by atoms with E-state index in [9.17, 15) is 4.79 Å². The van der Waals surface area contributed by atoms with Gasteiger partial charge in [0.2, 0.25) is 0 Å². The highest BCUT2D eigenvalue weighted by atomic mass is 35.5. The van der Waals surface area contributed by atoms with Gasteiger partial charge < -0.3 is 4.29 Å². The van der Waals surface area contributed by atoms with Crippen molar-refractivity contribution in [2.24, 2.45) is 0 Å². The molecule has 0 radical (unpaired) electrons. The third kappa shape index (κ3) is 3.35. The van der Waals surface area contributed by atoms with Gasteiger partial charge in [-0.3, -0.25) is 0 Å². The summed E-state index contributed by atoms with van der Waals surface area (Å²) in [6.45, 7) is 1.81. The van der Waals surface area contributed by atoms with Gasteiger partial charge in [-0.2, -0.15) is 0 Å². The Kier molecular flexibility index (Phi) is 6.58. The fraction of sp³-hybridized carbons (Fsp3) is 0.571. The van der Waals surface area contributed by atoms with Crippen LogP contribution in [0.4, 0.5) is 0 Å². The van der Waals surface area contributed by atoms with E-state index in [1.807, 2.05) is 6.92 Å². The molecule has 82 valence electrons. The molecular weight excluding hydrogens is 293 g/mol. The maximum atomic E-state index is 11.2. The Hall–Kier alpha value is 0.660. The number of halogens is 5. The Morgan fingerprint density at radius 3 is 2.14 bits per heavy atom. The van der Waals surface area contributed by atoms with Gasteiger partial charge in [0.25, 0.3) is 0 Å². The lowest BCUT2D eigenvalue weighted by atomic mass is 10.0. The third-order valence-corrected chi connectivity index (χ3v) is 3.35. The number of carbonyl (C=O) groups is 1. The summed E-state index contributed by atoms with van der Waals surface area (Å²) in [5.74, 6) is -0.897. The van der Waals surface area contributed by atoms with Crippen LogP contribution in [0.15, 0.2) is 9.52 Å². The van der Waals surface area contributed by atoms with E-state index in [1.54, 1.807) is 0 Å². The topological polar surface area (TPSA) is 26.3 Å². The normalized spacial score (nSPS) is 14.4. The summed E-state index contributed by atoms with van der Waals surface area (Å²) in [7, 11) is 0. The monoisotopic (exact) mass is 298 g/mol. The summed E-state index contributed by atoms with van der Waals surface area (Å²) >= 11 is 27.4. The van der Waals surface area contributed by atoms with Crippen LogP contribution in [0.2, 0.25) is 0 Å². The molecular formula is C7H7Cl5O2. The van der Waals surface area contributed by atoms with Gasteiger partial charge in [-0.05, 0) is 6.42 Å². The highest BCUT2D eigenvalue weighted by Gasteiger charge is 2.42. The van der Waals surface area contributed by atoms with Crippen LogP contribution in [0.3, 0.4) is 0 Å². The first-order valence-electron chi connectivity index (χ1n) is 3.63. The summed E-state index contributed by atoms with van der Waals surface area (Å²) in [5.41, 5.74) is 0. The van der Waals surface area contributed by atoms with Crippen molar-refractivity contribution in [3.8, 4) is 0 Å². The van der Waals surface area contributed by atoms with E-state index >= 15 is 0 Å². The van der Waals surface area contributed by atoms with E-state index < -0.39 is 10.8 Å². The minimum Gasteiger partial charge on any atom is -0.345 e. The van der Waals surface area contributed by atoms with Gasteiger partial charge in [-0.25, -0.2) is 4.79 Å². The van der Waals surface area contributed by atoms with Gasteiger partial charge in [0, 0.05) is 0 Å². The van der Waals surface area contributed by atoms with Crippen molar-refractivity contribution in [3.63, 3.8) is 0 Å². The molecule has 7 heteroatoms. The summed E-state index contributed by atoms with van der Waals surface area (Å²) < 4.78 is 3.72. The molecule has 0 fully saturated rings. The van der Waals surface area contributed by atoms with Crippen LogP contribution < -0.4 is 0 Å². The van der Waals surface area contributed by atoms with E-state index in [2.05, 4.69) is 4.29 Å². The average molecular weight is 300 g/mol. The van der Waals surface area contributed by atoms with E-state index in [0.717, 1.165) is 0 Å². The first kappa shape index (κ1) is 14.7. The summed E-state index contributed by atoms with van der Waals surface area (Å²) in [4.78, 5) is 9.65. The van der Waals surface area contributed by atoms with Crippen molar-refractivity contribution in [2.75, 3.05) is 0 Å². The Bertz CT molecular complexity index is 248. The molecule has 0 aliphatic rings. The van der Waals surface area contributed by atoms with Crippen molar-refractivity contribution in [2.45, 2.75) is 24.6 Å². The van der Waals surface area contributed by atoms with Crippen LogP contribution in [0.25, 0.3) is 0 Å². The lowest BCUT2D eigenvalue weighted by Gasteiger charge is -2.21. The molecule has 14 heavy (non-hydrogen) atoms. The van der Waals surface area contributed by atoms with Crippen LogP contribution in [-0.4, -0.2) is 10.8 Å². The van der Waals surface area contributed by atoms with Crippen molar-refractivity contribution < 1.29 is 9.08 Å². The molecule has 0 bridgehead atoms. The molecule has 0 aromatic rings. The molecule has 0 aromatic carbocycles. The van der Waals surface area contributed by atoms with Crippen LogP contribution in [0.1, 0.15) is 19.8 Å². The molecule has 0 aliphatic heterocycles. The first-order valence-corrected chi connectivity index (χ1v) is 5.45. The molecule has 0 aliphatic carbocycles. The molecule has 2 nitrogen and oxygen atoms in total. The van der Waals surface area contributed by atoms with Gasteiger partial charge in [-0.15, -0.1) is 11.6 Å². The molecule has 0 heterocycles. The second-order valence-electron chi connectivity index (χ2n) is 2.49. The van der Waals surface area contributed by atoms with Gasteiger partial charge in [0.05, 0.1) is 5.03 Å². The van der Waals surface area contributed by atoms with Crippen LogP contribution in [0, 0.1) is 0 Å². The van der Waals surface area contributed by atoms with Crippen LogP contribution >= 0.6 is 58.3 Å². The molecule has 0 N–H and O–H groups in total. The predicted octanol–water partition coefficient (Wildman–Crippen LogP) is 4.35. The maximum absolute atomic E-state index is 11.2. The zero-order valence-corrected chi connectivity index (χ0v) is 10.9. The van der Waals surface area contributed by atoms with Gasteiger partial charge in [-0.1, -0.05) is 48.1 Å². The second-order valence-corrected chi connectivity index (χ2v) is 4.62. The molecule has 1 atom stereocenters. The van der Waals surface area contributed by atoms with Crippen molar-refractivity contribution in [3.05, 3.63) is 9.52 Å². The SMILES string of the molecule is CCCC(Cl)(C(=O)OCl)C(Cl)=C(Cl)Cl. The average Bonchev–Trinajstić information content (AvgIpc) is 2.15. The fourth-order valence-corrected chi connectivity index (χ4v) is 1.94. The van der Waals surface area contributed by atoms with E-state index in [0.29, 0.717) is 6.42 Å². The number of rotatable bonds is 4. The highest BCUT2D eigenvalue weighted by Crippen LogP contribution is 2.38. The second kappa shape index (κ2) is 6.29. The summed E-state index contributed by atoms with van der Waals surface area (Å²) in [6.07, 6.45) is 0.814. The number of alkyl halides is 1. The smallest absolute Gasteiger partial charge is 0.345 e. The molecule has 1 unspecified atom stereocenters. The molecule has 0 rings (SSSR count). The number of carbonyl (C=O) groups excluding carboxylic acids is 1. The molecule has 0 aromatic heterocycles. The minimum atomic E-state index is -1.60. The van der Waals surface area contributed by atoms with Crippen molar-refractivity contribution in [1.29, 1.82) is 0 Å². The summed E-state index contributed by atoms with van der Waals surface area (Å²) in [5, 5.41) is -0.185. The van der Waals surface area contributed by atoms with Gasteiger partial charge in [0.1, 0.15) is 16.4 Å². The van der Waals surface area contributed by atoms with Gasteiger partial charge >= 0.3 is 5.97 Å². The Morgan fingerprint density at radius 1 is 1.36 bits per heavy atom. The van der Waals surface area contributed by atoms with Crippen LogP contribution in [0.5, 0.6) is 0 Å². The fourth-order valence-electron chi connectivity index (χ4n) is 0.857. The maximum Gasteiger partial charge on any atom is 0.351 e. The van der Waals surface area contributed by atoms with E-state index in [-0.39, 0.29) is 15.9 Å². The Morgan fingerprint density at radius 2 is 1.86 bits per heavy atom. The Balaban J connectivity index is 5.10. The molecule has 0 saturated heterocycles. The third-order valence-electron chi connectivity index (χ3n) is 1.50. The number of hydrogen-bond acceptors (Lipinski definition) is 2. The number of hydrogen-bond donors (Lipinski definition) is 0. The molecule has 0 saturated carbocycles. The lowest BCUT2D eigenvalue weighted by molar-refractivity contribution is -0.135. The molecule has 0 amide bonds. The van der Waals surface area contributed by atoms with E-state index in [1.165, 1.54) is 0 Å². The highest BCUT2D eigenvalue weighted by molar-refractivity contribution is 6.61. The Labute approximate surface area is 107 Å². The van der Waals surface area contributed by atoms with E-state index in [4.69, 9.17) is 58.3 Å². The van der Waals surface area contributed by atoms with Crippen molar-refractivity contribution >= 4 is 64.2 Å². The zero-order chi connectivity index (χ0) is 11.4. The van der Waals surface area contributed by atoms with Gasteiger partial charge in [0.15, 0.2) is 4.87 Å². The van der Waals surface area contributed by atoms with Crippen molar-refractivity contribution in [1.82, 2.24) is 0 Å². The minimum absolute atomic E-state index is 0.185. The van der Waals surface area contributed by atoms with Crippen LogP contribution in [-0.2, 0) is 9.08 Å².